The topological polar surface area (TPSA) is 105 Å². The molecule has 0 aliphatic rings. The zero-order chi connectivity index (χ0) is 23.6. The normalized spacial score (nSPS) is 11.8. The van der Waals surface area contributed by atoms with E-state index in [1.165, 1.54) is 48.5 Å². The first kappa shape index (κ1) is 23.5. The predicted octanol–water partition coefficient (Wildman–Crippen LogP) is 5.72. The van der Waals surface area contributed by atoms with Crippen LogP contribution < -0.4 is 9.44 Å². The minimum absolute atomic E-state index is 0.0415. The fourth-order valence-corrected chi connectivity index (χ4v) is 6.14. The second-order valence-electron chi connectivity index (χ2n) is 6.70. The molecule has 0 atom stereocenters. The van der Waals surface area contributed by atoms with Gasteiger partial charge in [0.05, 0.1) is 21.2 Å². The SMILES string of the molecule is O=S(=O)(Nc1nc(-c2ccccc2NS(=O)(=O)c2ccc(Cl)cc2)cs1)c1ccc(Cl)cc1. The lowest BCUT2D eigenvalue weighted by Gasteiger charge is -2.11. The van der Waals surface area contributed by atoms with Gasteiger partial charge in [-0.3, -0.25) is 9.44 Å². The fourth-order valence-electron chi connectivity index (χ4n) is 2.84. The number of halogens is 2. The van der Waals surface area contributed by atoms with Gasteiger partial charge in [0, 0.05) is 21.0 Å². The summed E-state index contributed by atoms with van der Waals surface area (Å²) in [6.45, 7) is 0. The number of hydrogen-bond acceptors (Lipinski definition) is 6. The number of hydrogen-bond donors (Lipinski definition) is 2. The van der Waals surface area contributed by atoms with E-state index >= 15 is 0 Å². The van der Waals surface area contributed by atoms with Crippen LogP contribution in [0.3, 0.4) is 0 Å². The van der Waals surface area contributed by atoms with Crippen LogP contribution in [0.2, 0.25) is 10.0 Å². The number of para-hydroxylation sites is 1. The van der Waals surface area contributed by atoms with Crippen molar-refractivity contribution in [2.75, 3.05) is 9.44 Å². The van der Waals surface area contributed by atoms with Crippen molar-refractivity contribution in [2.45, 2.75) is 9.79 Å². The molecule has 1 aromatic heterocycles. The lowest BCUT2D eigenvalue weighted by molar-refractivity contribution is 0.599. The third kappa shape index (κ3) is 5.48. The largest absolute Gasteiger partial charge is 0.279 e. The van der Waals surface area contributed by atoms with E-state index in [9.17, 15) is 16.8 Å². The number of rotatable bonds is 7. The highest BCUT2D eigenvalue weighted by Gasteiger charge is 2.19. The van der Waals surface area contributed by atoms with Gasteiger partial charge >= 0.3 is 0 Å². The molecule has 3 aromatic carbocycles. The molecular formula is C21H15Cl2N3O4S3. The number of nitrogens with zero attached hydrogens (tertiary/aromatic N) is 1. The highest BCUT2D eigenvalue weighted by Crippen LogP contribution is 2.33. The molecule has 0 fully saturated rings. The monoisotopic (exact) mass is 539 g/mol. The van der Waals surface area contributed by atoms with Gasteiger partial charge < -0.3 is 0 Å². The van der Waals surface area contributed by atoms with Crippen LogP contribution in [-0.2, 0) is 20.0 Å². The molecule has 4 aromatic rings. The molecule has 4 rings (SSSR count). The van der Waals surface area contributed by atoms with Gasteiger partial charge in [-0.15, -0.1) is 11.3 Å². The van der Waals surface area contributed by atoms with Crippen LogP contribution in [-0.4, -0.2) is 21.8 Å². The van der Waals surface area contributed by atoms with Crippen molar-refractivity contribution in [1.82, 2.24) is 4.98 Å². The van der Waals surface area contributed by atoms with E-state index in [0.717, 1.165) is 11.3 Å². The number of benzene rings is 3. The second kappa shape index (κ2) is 9.32. The average molecular weight is 540 g/mol. The standard InChI is InChI=1S/C21H15Cl2N3O4S3/c22-14-5-9-16(10-6-14)32(27,28)25-19-4-2-1-3-18(19)20-13-31-21(24-20)26-33(29,30)17-11-7-15(23)8-12-17/h1-13,25H,(H,24,26). The Morgan fingerprint density at radius 3 is 1.79 bits per heavy atom. The average Bonchev–Trinajstić information content (AvgIpc) is 3.22. The number of sulfonamides is 2. The van der Waals surface area contributed by atoms with Crippen LogP contribution in [0, 0.1) is 0 Å². The Hall–Kier alpha value is -2.63. The summed E-state index contributed by atoms with van der Waals surface area (Å²) in [5, 5.41) is 2.61. The van der Waals surface area contributed by atoms with Crippen LogP contribution in [0.5, 0.6) is 0 Å². The Morgan fingerprint density at radius 1 is 0.697 bits per heavy atom. The van der Waals surface area contributed by atoms with Gasteiger partial charge in [0.2, 0.25) is 0 Å². The molecule has 2 N–H and O–H groups in total. The van der Waals surface area contributed by atoms with Crippen molar-refractivity contribution in [1.29, 1.82) is 0 Å². The minimum atomic E-state index is -3.88. The summed E-state index contributed by atoms with van der Waals surface area (Å²) in [6, 6.07) is 18.2. The first-order chi connectivity index (χ1) is 15.6. The quantitative estimate of drug-likeness (QED) is 0.312. The second-order valence-corrected chi connectivity index (χ2v) is 11.8. The van der Waals surface area contributed by atoms with Gasteiger partial charge in [0.15, 0.2) is 5.13 Å². The van der Waals surface area contributed by atoms with E-state index in [0.29, 0.717) is 27.0 Å². The first-order valence-electron chi connectivity index (χ1n) is 9.26. The summed E-state index contributed by atoms with van der Waals surface area (Å²) in [4.78, 5) is 4.43. The Kier molecular flexibility index (Phi) is 6.64. The Labute approximate surface area is 205 Å². The molecule has 0 saturated heterocycles. The Balaban J connectivity index is 1.60. The summed E-state index contributed by atoms with van der Waals surface area (Å²) in [7, 11) is -7.74. The van der Waals surface area contributed by atoms with Crippen molar-refractivity contribution in [3.63, 3.8) is 0 Å². The maximum atomic E-state index is 12.8. The van der Waals surface area contributed by atoms with E-state index in [4.69, 9.17) is 23.2 Å². The van der Waals surface area contributed by atoms with Crippen molar-refractivity contribution in [2.24, 2.45) is 0 Å². The molecule has 0 radical (unpaired) electrons. The summed E-state index contributed by atoms with van der Waals surface area (Å²) < 4.78 is 55.8. The van der Waals surface area contributed by atoms with Gasteiger partial charge in [-0.2, -0.15) is 0 Å². The molecule has 0 bridgehead atoms. The maximum absolute atomic E-state index is 12.8. The Bertz CT molecular complexity index is 1500. The van der Waals surface area contributed by atoms with E-state index in [1.54, 1.807) is 29.6 Å². The molecule has 0 aliphatic carbocycles. The Morgan fingerprint density at radius 2 is 1.21 bits per heavy atom. The molecule has 7 nitrogen and oxygen atoms in total. The molecular weight excluding hydrogens is 525 g/mol. The number of anilines is 2. The molecule has 170 valence electrons. The smallest absolute Gasteiger partial charge is 0.263 e. The highest BCUT2D eigenvalue weighted by atomic mass is 35.5. The molecule has 33 heavy (non-hydrogen) atoms. The maximum Gasteiger partial charge on any atom is 0.263 e. The zero-order valence-electron chi connectivity index (χ0n) is 16.6. The van der Waals surface area contributed by atoms with Crippen molar-refractivity contribution < 1.29 is 16.8 Å². The van der Waals surface area contributed by atoms with Gasteiger partial charge in [0.1, 0.15) is 0 Å². The van der Waals surface area contributed by atoms with Crippen molar-refractivity contribution in [3.8, 4) is 11.3 Å². The van der Waals surface area contributed by atoms with E-state index in [-0.39, 0.29) is 14.9 Å². The number of aromatic nitrogens is 1. The lowest BCUT2D eigenvalue weighted by atomic mass is 10.1. The molecule has 0 amide bonds. The summed E-state index contributed by atoms with van der Waals surface area (Å²) in [5.74, 6) is 0. The lowest BCUT2D eigenvalue weighted by Crippen LogP contribution is -2.13. The first-order valence-corrected chi connectivity index (χ1v) is 13.9. The third-order valence-electron chi connectivity index (χ3n) is 4.42. The van der Waals surface area contributed by atoms with Crippen LogP contribution >= 0.6 is 34.5 Å². The van der Waals surface area contributed by atoms with Gasteiger partial charge in [-0.1, -0.05) is 41.4 Å². The molecule has 0 unspecified atom stereocenters. The van der Waals surface area contributed by atoms with Crippen LogP contribution in [0.4, 0.5) is 10.8 Å². The van der Waals surface area contributed by atoms with Crippen molar-refractivity contribution >= 4 is 65.4 Å². The van der Waals surface area contributed by atoms with Gasteiger partial charge in [0.25, 0.3) is 20.0 Å². The van der Waals surface area contributed by atoms with Crippen LogP contribution in [0.1, 0.15) is 0 Å². The third-order valence-corrected chi connectivity index (χ3v) is 8.55. The minimum Gasteiger partial charge on any atom is -0.279 e. The molecule has 0 saturated carbocycles. The van der Waals surface area contributed by atoms with E-state index in [2.05, 4.69) is 14.4 Å². The number of thiazole rings is 1. The predicted molar refractivity (Wildman–Crippen MR) is 132 cm³/mol. The molecule has 0 spiro atoms. The molecule has 0 aliphatic heterocycles. The van der Waals surface area contributed by atoms with Crippen LogP contribution in [0.15, 0.2) is 88.0 Å². The zero-order valence-corrected chi connectivity index (χ0v) is 20.5. The van der Waals surface area contributed by atoms with Crippen molar-refractivity contribution in [3.05, 3.63) is 88.2 Å². The summed E-state index contributed by atoms with van der Waals surface area (Å²) in [6.07, 6.45) is 0. The summed E-state index contributed by atoms with van der Waals surface area (Å²) >= 11 is 12.7. The highest BCUT2D eigenvalue weighted by molar-refractivity contribution is 7.93. The van der Waals surface area contributed by atoms with E-state index < -0.39 is 20.0 Å². The molecule has 12 heteroatoms. The molecule has 1 heterocycles. The summed E-state index contributed by atoms with van der Waals surface area (Å²) in [5.41, 5.74) is 1.19. The van der Waals surface area contributed by atoms with Crippen LogP contribution in [0.25, 0.3) is 11.3 Å². The van der Waals surface area contributed by atoms with Gasteiger partial charge in [-0.05, 0) is 54.6 Å². The van der Waals surface area contributed by atoms with E-state index in [1.807, 2.05) is 0 Å². The van der Waals surface area contributed by atoms with Gasteiger partial charge in [-0.25, -0.2) is 21.8 Å². The number of nitrogens with one attached hydrogen (secondary N) is 2. The fraction of sp³-hybridized carbons (Fsp3) is 0.